The second-order valence-electron chi connectivity index (χ2n) is 17.1. The average Bonchev–Trinajstić information content (AvgIpc) is 4.09. The van der Waals surface area contributed by atoms with Crippen LogP contribution in [0, 0.1) is 0 Å². The number of hydrogen-bond donors (Lipinski definition) is 0. The van der Waals surface area contributed by atoms with Gasteiger partial charge in [-0.25, -0.2) is 0 Å². The van der Waals surface area contributed by atoms with Gasteiger partial charge in [0, 0.05) is 38.4 Å². The lowest BCUT2D eigenvalue weighted by molar-refractivity contribution is 0.664. The minimum atomic E-state index is -0.472. The Morgan fingerprint density at radius 2 is 0.781 bits per heavy atom. The topological polar surface area (TPSA) is 29.5 Å². The summed E-state index contributed by atoms with van der Waals surface area (Å²) in [6.45, 7) is 0. The van der Waals surface area contributed by atoms with Gasteiger partial charge in [0.1, 0.15) is 16.7 Å². The summed E-state index contributed by atoms with van der Waals surface area (Å²) in [4.78, 5) is 2.42. The molecule has 2 aliphatic carbocycles. The largest absolute Gasteiger partial charge is 0.455 e. The third kappa shape index (κ3) is 4.76. The summed E-state index contributed by atoms with van der Waals surface area (Å²) in [6.07, 6.45) is 0. The van der Waals surface area contributed by atoms with Crippen LogP contribution in [0.3, 0.4) is 0 Å². The van der Waals surface area contributed by atoms with Crippen molar-refractivity contribution in [3.63, 3.8) is 0 Å². The smallest absolute Gasteiger partial charge is 0.159 e. The molecule has 2 heterocycles. The highest BCUT2D eigenvalue weighted by Crippen LogP contribution is 2.65. The van der Waals surface area contributed by atoms with Gasteiger partial charge in [-0.3, -0.25) is 0 Å². The molecule has 2 aromatic heterocycles. The van der Waals surface area contributed by atoms with E-state index >= 15 is 0 Å². The van der Waals surface area contributed by atoms with Gasteiger partial charge >= 0.3 is 0 Å². The van der Waals surface area contributed by atoms with E-state index in [-0.39, 0.29) is 0 Å². The third-order valence-corrected chi connectivity index (χ3v) is 13.9. The molecule has 2 aliphatic rings. The van der Waals surface area contributed by atoms with Crippen molar-refractivity contribution < 1.29 is 8.83 Å². The zero-order valence-corrected chi connectivity index (χ0v) is 34.6. The van der Waals surface area contributed by atoms with Crippen molar-refractivity contribution in [2.75, 3.05) is 4.90 Å². The van der Waals surface area contributed by atoms with Gasteiger partial charge in [0.05, 0.1) is 16.8 Å². The van der Waals surface area contributed by atoms with E-state index in [4.69, 9.17) is 8.83 Å². The summed E-state index contributed by atoms with van der Waals surface area (Å²) in [5.74, 6) is 0. The predicted octanol–water partition coefficient (Wildman–Crippen LogP) is 16.6. The zero-order chi connectivity index (χ0) is 41.9. The van der Waals surface area contributed by atoms with Crippen molar-refractivity contribution in [3.8, 4) is 44.5 Å². The highest BCUT2D eigenvalue weighted by Gasteiger charge is 2.52. The number of nitrogens with zero attached hydrogens (tertiary/aromatic N) is 1. The van der Waals surface area contributed by atoms with E-state index in [1.165, 1.54) is 55.6 Å². The number of para-hydroxylation sites is 2. The molecule has 298 valence electrons. The second kappa shape index (κ2) is 13.3. The molecule has 3 nitrogen and oxygen atoms in total. The van der Waals surface area contributed by atoms with Crippen molar-refractivity contribution >= 4 is 60.9 Å². The van der Waals surface area contributed by atoms with Crippen LogP contribution in [0.5, 0.6) is 0 Å². The summed E-state index contributed by atoms with van der Waals surface area (Å²) in [7, 11) is 0. The lowest BCUT2D eigenvalue weighted by Crippen LogP contribution is -2.26. The Labute approximate surface area is 369 Å². The number of benzene rings is 10. The van der Waals surface area contributed by atoms with Gasteiger partial charge in [-0.05, 0) is 92.0 Å². The van der Waals surface area contributed by atoms with Gasteiger partial charge in [0.15, 0.2) is 5.58 Å². The Kier molecular flexibility index (Phi) is 7.32. The molecule has 10 aromatic carbocycles. The maximum Gasteiger partial charge on any atom is 0.159 e. The van der Waals surface area contributed by atoms with E-state index in [0.29, 0.717) is 0 Å². The maximum absolute atomic E-state index is 7.13. The van der Waals surface area contributed by atoms with Gasteiger partial charge in [0.2, 0.25) is 0 Å². The van der Waals surface area contributed by atoms with Crippen LogP contribution < -0.4 is 4.90 Å². The molecule has 14 rings (SSSR count). The van der Waals surface area contributed by atoms with Crippen LogP contribution in [0.4, 0.5) is 17.1 Å². The molecule has 0 unspecified atom stereocenters. The first-order valence-corrected chi connectivity index (χ1v) is 22.0. The van der Waals surface area contributed by atoms with Crippen molar-refractivity contribution in [3.05, 3.63) is 247 Å². The van der Waals surface area contributed by atoms with Crippen molar-refractivity contribution in [2.24, 2.45) is 0 Å². The summed E-state index contributed by atoms with van der Waals surface area (Å²) in [5.41, 5.74) is 20.8. The Bertz CT molecular complexity index is 3790. The van der Waals surface area contributed by atoms with E-state index in [1.54, 1.807) is 0 Å². The molecule has 0 aliphatic heterocycles. The van der Waals surface area contributed by atoms with E-state index in [2.05, 4.69) is 223 Å². The van der Waals surface area contributed by atoms with E-state index in [1.807, 2.05) is 6.07 Å². The highest BCUT2D eigenvalue weighted by atomic mass is 16.3. The van der Waals surface area contributed by atoms with Gasteiger partial charge in [0.25, 0.3) is 0 Å². The SMILES string of the molecule is c1ccc(-c2ccc(N(c3cccc4c3-c3ccccc3C43c4ccccc4-c4ccccc43)c3cccc4c3oc3cc5c(cc34)oc3c(-c4ccccc4)cccc35)cc2)cc1. The lowest BCUT2D eigenvalue weighted by atomic mass is 9.70. The monoisotopic (exact) mass is 815 g/mol. The molecule has 0 radical (unpaired) electrons. The molecule has 0 atom stereocenters. The summed E-state index contributed by atoms with van der Waals surface area (Å²) < 4.78 is 13.9. The van der Waals surface area contributed by atoms with Gasteiger partial charge in [-0.2, -0.15) is 0 Å². The van der Waals surface area contributed by atoms with Crippen molar-refractivity contribution in [1.82, 2.24) is 0 Å². The minimum Gasteiger partial charge on any atom is -0.455 e. The summed E-state index contributed by atoms with van der Waals surface area (Å²) in [6, 6.07) is 81.3. The second-order valence-corrected chi connectivity index (χ2v) is 17.1. The van der Waals surface area contributed by atoms with Crippen LogP contribution in [-0.2, 0) is 5.41 Å². The first kappa shape index (κ1) is 35.2. The van der Waals surface area contributed by atoms with Crippen LogP contribution in [-0.4, -0.2) is 0 Å². The maximum atomic E-state index is 7.13. The molecule has 1 spiro atoms. The Morgan fingerprint density at radius 3 is 1.45 bits per heavy atom. The first-order valence-electron chi connectivity index (χ1n) is 22.0. The van der Waals surface area contributed by atoms with Gasteiger partial charge < -0.3 is 13.7 Å². The fraction of sp³-hybridized carbons (Fsp3) is 0.0164. The first-order chi connectivity index (χ1) is 31.8. The molecule has 0 saturated heterocycles. The molecule has 0 bridgehead atoms. The van der Waals surface area contributed by atoms with Crippen LogP contribution in [0.2, 0.25) is 0 Å². The number of furan rings is 2. The Morgan fingerprint density at radius 1 is 0.312 bits per heavy atom. The highest BCUT2D eigenvalue weighted by molar-refractivity contribution is 6.18. The lowest BCUT2D eigenvalue weighted by Gasteiger charge is -2.31. The molecule has 3 heteroatoms. The fourth-order valence-corrected chi connectivity index (χ4v) is 11.2. The standard InChI is InChI=1S/C61H37NO2/c1-3-16-38(17-4-1)39-32-34-41(35-33-39)62(54-30-15-29-53-58(54)47-22-9-12-28-52(47)61(53)50-26-10-7-20-43(50)44-21-8-11-27-51(44)61)55-31-14-25-46-49-37-56-48(36-57(49)64-60(46)55)45-24-13-23-42(59(45)63-56)40-18-5-2-6-19-40/h1-37H. The third-order valence-electron chi connectivity index (χ3n) is 13.9. The van der Waals surface area contributed by atoms with Gasteiger partial charge in [-0.15, -0.1) is 0 Å². The van der Waals surface area contributed by atoms with E-state index < -0.39 is 5.41 Å². The fourth-order valence-electron chi connectivity index (χ4n) is 11.2. The number of anilines is 3. The number of hydrogen-bond acceptors (Lipinski definition) is 3. The summed E-state index contributed by atoms with van der Waals surface area (Å²) in [5, 5.41) is 4.16. The average molecular weight is 816 g/mol. The van der Waals surface area contributed by atoms with E-state index in [0.717, 1.165) is 72.1 Å². The molecular weight excluding hydrogens is 779 g/mol. The summed E-state index contributed by atoms with van der Waals surface area (Å²) >= 11 is 0. The predicted molar refractivity (Wildman–Crippen MR) is 263 cm³/mol. The zero-order valence-electron chi connectivity index (χ0n) is 34.6. The molecule has 0 fully saturated rings. The van der Waals surface area contributed by atoms with Gasteiger partial charge in [-0.1, -0.05) is 188 Å². The van der Waals surface area contributed by atoms with E-state index in [9.17, 15) is 0 Å². The van der Waals surface area contributed by atoms with Crippen LogP contribution in [0.25, 0.3) is 88.4 Å². The number of rotatable bonds is 5. The normalized spacial score (nSPS) is 13.1. The Hall–Kier alpha value is -8.40. The Balaban J connectivity index is 1.02. The van der Waals surface area contributed by atoms with Crippen LogP contribution in [0.15, 0.2) is 233 Å². The molecule has 0 amide bonds. The quantitative estimate of drug-likeness (QED) is 0.173. The van der Waals surface area contributed by atoms with Crippen LogP contribution in [0.1, 0.15) is 22.3 Å². The molecule has 0 N–H and O–H groups in total. The van der Waals surface area contributed by atoms with Crippen LogP contribution >= 0.6 is 0 Å². The molecule has 0 saturated carbocycles. The molecular formula is C61H37NO2. The molecule has 12 aromatic rings. The molecule has 64 heavy (non-hydrogen) atoms. The number of fused-ring (bicyclic) bond motifs is 16. The minimum absolute atomic E-state index is 0.472. The van der Waals surface area contributed by atoms with Crippen molar-refractivity contribution in [1.29, 1.82) is 0 Å². The van der Waals surface area contributed by atoms with Crippen molar-refractivity contribution in [2.45, 2.75) is 5.41 Å².